The molecule has 1 saturated heterocycles. The van der Waals surface area contributed by atoms with E-state index in [1.807, 2.05) is 4.90 Å². The van der Waals surface area contributed by atoms with Crippen LogP contribution < -0.4 is 9.64 Å². The number of anilines is 1. The van der Waals surface area contributed by atoms with Crippen LogP contribution in [0.3, 0.4) is 0 Å². The van der Waals surface area contributed by atoms with Crippen LogP contribution in [0, 0.1) is 21.4 Å². The van der Waals surface area contributed by atoms with Gasteiger partial charge in [0.25, 0.3) is 11.6 Å². The first-order chi connectivity index (χ1) is 13.6. The molecule has 0 aromatic heterocycles. The number of carbonyl (C=O) groups excluding carboxylic acids is 1. The van der Waals surface area contributed by atoms with Gasteiger partial charge in [-0.3, -0.25) is 14.9 Å². The number of amides is 1. The molecule has 0 saturated carbocycles. The Labute approximate surface area is 162 Å². The third-order valence-electron chi connectivity index (χ3n) is 4.62. The van der Waals surface area contributed by atoms with E-state index < -0.39 is 0 Å². The summed E-state index contributed by atoms with van der Waals surface area (Å²) in [5.74, 6) is 0.455. The summed E-state index contributed by atoms with van der Waals surface area (Å²) in [5.41, 5.74) is 1.55. The first kappa shape index (κ1) is 19.2. The first-order valence-corrected chi connectivity index (χ1v) is 8.93. The Morgan fingerprint density at radius 2 is 1.79 bits per heavy atom. The number of nitro benzene ring substituents is 1. The Morgan fingerprint density at radius 1 is 1.11 bits per heavy atom. The van der Waals surface area contributed by atoms with Crippen molar-refractivity contribution in [2.45, 2.75) is 6.42 Å². The number of piperazine rings is 1. The van der Waals surface area contributed by atoms with Gasteiger partial charge in [0, 0.05) is 32.2 Å². The first-order valence-electron chi connectivity index (χ1n) is 8.93. The SMILES string of the molecule is N#CCc1ccc(OCC(=O)N2CCN(c3ccccc3[N+](=O)[O-])CC2)cc1. The largest absolute Gasteiger partial charge is 0.484 e. The van der Waals surface area contributed by atoms with Crippen LogP contribution in [0.1, 0.15) is 5.56 Å². The second-order valence-corrected chi connectivity index (χ2v) is 6.38. The molecular weight excluding hydrogens is 360 g/mol. The third-order valence-corrected chi connectivity index (χ3v) is 4.62. The molecule has 0 radical (unpaired) electrons. The second kappa shape index (κ2) is 8.86. The van der Waals surface area contributed by atoms with E-state index >= 15 is 0 Å². The van der Waals surface area contributed by atoms with Crippen molar-refractivity contribution in [3.63, 3.8) is 0 Å². The minimum absolute atomic E-state index is 0.0664. The van der Waals surface area contributed by atoms with Gasteiger partial charge in [-0.1, -0.05) is 24.3 Å². The number of benzene rings is 2. The number of hydrogen-bond donors (Lipinski definition) is 0. The number of nitriles is 1. The molecule has 0 bridgehead atoms. The van der Waals surface area contributed by atoms with Gasteiger partial charge in [0.05, 0.1) is 17.4 Å². The van der Waals surface area contributed by atoms with Crippen LogP contribution in [0.5, 0.6) is 5.75 Å². The lowest BCUT2D eigenvalue weighted by molar-refractivity contribution is -0.384. The Bertz CT molecular complexity index is 884. The van der Waals surface area contributed by atoms with Gasteiger partial charge >= 0.3 is 0 Å². The Morgan fingerprint density at radius 3 is 2.43 bits per heavy atom. The quantitative estimate of drug-likeness (QED) is 0.563. The minimum atomic E-state index is -0.386. The standard InChI is InChI=1S/C20H20N4O4/c21-10-9-16-5-7-17(8-6-16)28-15-20(25)23-13-11-22(12-14-23)18-3-1-2-4-19(18)24(26)27/h1-8H,9,11-15H2. The number of nitrogens with zero attached hydrogens (tertiary/aromatic N) is 4. The number of para-hydroxylation sites is 2. The number of rotatable bonds is 6. The summed E-state index contributed by atoms with van der Waals surface area (Å²) in [5, 5.41) is 19.9. The molecule has 8 nitrogen and oxygen atoms in total. The summed E-state index contributed by atoms with van der Waals surface area (Å²) in [6, 6.07) is 15.8. The Balaban J connectivity index is 1.51. The van der Waals surface area contributed by atoms with Crippen molar-refractivity contribution in [1.82, 2.24) is 4.90 Å². The molecule has 1 aliphatic heterocycles. The van der Waals surface area contributed by atoms with Crippen LogP contribution in [0.15, 0.2) is 48.5 Å². The molecule has 0 N–H and O–H groups in total. The monoisotopic (exact) mass is 380 g/mol. The fraction of sp³-hybridized carbons (Fsp3) is 0.300. The lowest BCUT2D eigenvalue weighted by atomic mass is 10.2. The normalized spacial score (nSPS) is 13.7. The lowest BCUT2D eigenvalue weighted by Gasteiger charge is -2.35. The highest BCUT2D eigenvalue weighted by Crippen LogP contribution is 2.28. The highest BCUT2D eigenvalue weighted by molar-refractivity contribution is 5.78. The molecule has 3 rings (SSSR count). The average molecular weight is 380 g/mol. The van der Waals surface area contributed by atoms with E-state index in [0.29, 0.717) is 44.0 Å². The van der Waals surface area contributed by atoms with Gasteiger partial charge in [0.1, 0.15) is 11.4 Å². The van der Waals surface area contributed by atoms with E-state index in [-0.39, 0.29) is 23.1 Å². The molecule has 8 heteroatoms. The van der Waals surface area contributed by atoms with Crippen LogP contribution in [0.4, 0.5) is 11.4 Å². The van der Waals surface area contributed by atoms with Gasteiger partial charge in [0.15, 0.2) is 6.61 Å². The van der Waals surface area contributed by atoms with Crippen LogP contribution >= 0.6 is 0 Å². The van der Waals surface area contributed by atoms with E-state index in [4.69, 9.17) is 10.00 Å². The topological polar surface area (TPSA) is 99.7 Å². The van der Waals surface area contributed by atoms with Gasteiger partial charge < -0.3 is 14.5 Å². The number of nitro groups is 1. The molecular formula is C20H20N4O4. The van der Waals surface area contributed by atoms with Crippen LogP contribution in [0.25, 0.3) is 0 Å². The molecule has 1 aliphatic rings. The average Bonchev–Trinajstić information content (AvgIpc) is 2.73. The molecule has 0 atom stereocenters. The zero-order valence-electron chi connectivity index (χ0n) is 15.3. The molecule has 2 aromatic carbocycles. The zero-order valence-corrected chi connectivity index (χ0v) is 15.3. The highest BCUT2D eigenvalue weighted by Gasteiger charge is 2.25. The van der Waals surface area contributed by atoms with E-state index in [1.165, 1.54) is 6.07 Å². The summed E-state index contributed by atoms with van der Waals surface area (Å²) in [6.07, 6.45) is 0.336. The molecule has 1 heterocycles. The molecule has 0 aliphatic carbocycles. The van der Waals surface area contributed by atoms with Crippen molar-refractivity contribution in [3.05, 3.63) is 64.2 Å². The summed E-state index contributed by atoms with van der Waals surface area (Å²) in [7, 11) is 0. The maximum absolute atomic E-state index is 12.4. The molecule has 0 unspecified atom stereocenters. The van der Waals surface area contributed by atoms with Crippen molar-refractivity contribution in [1.29, 1.82) is 5.26 Å². The Hall–Kier alpha value is -3.60. The summed E-state index contributed by atoms with van der Waals surface area (Å²) < 4.78 is 5.54. The van der Waals surface area contributed by atoms with E-state index in [0.717, 1.165) is 5.56 Å². The summed E-state index contributed by atoms with van der Waals surface area (Å²) >= 11 is 0. The van der Waals surface area contributed by atoms with Crippen LogP contribution in [-0.2, 0) is 11.2 Å². The van der Waals surface area contributed by atoms with Crippen molar-refractivity contribution in [2.24, 2.45) is 0 Å². The fourth-order valence-electron chi connectivity index (χ4n) is 3.11. The van der Waals surface area contributed by atoms with Crippen LogP contribution in [-0.4, -0.2) is 48.5 Å². The van der Waals surface area contributed by atoms with Gasteiger partial charge in [0.2, 0.25) is 0 Å². The molecule has 28 heavy (non-hydrogen) atoms. The summed E-state index contributed by atoms with van der Waals surface area (Å²) in [4.78, 5) is 26.8. The number of hydrogen-bond acceptors (Lipinski definition) is 6. The van der Waals surface area contributed by atoms with Crippen molar-refractivity contribution in [3.8, 4) is 11.8 Å². The predicted molar refractivity (Wildman–Crippen MR) is 103 cm³/mol. The van der Waals surface area contributed by atoms with Gasteiger partial charge in [-0.15, -0.1) is 0 Å². The maximum Gasteiger partial charge on any atom is 0.292 e. The van der Waals surface area contributed by atoms with Crippen LogP contribution in [0.2, 0.25) is 0 Å². The predicted octanol–water partition coefficient (Wildman–Crippen LogP) is 2.39. The van der Waals surface area contributed by atoms with Gasteiger partial charge in [-0.05, 0) is 23.8 Å². The minimum Gasteiger partial charge on any atom is -0.484 e. The fourth-order valence-corrected chi connectivity index (χ4v) is 3.11. The number of carbonyl (C=O) groups is 1. The molecule has 1 amide bonds. The third kappa shape index (κ3) is 4.57. The second-order valence-electron chi connectivity index (χ2n) is 6.38. The van der Waals surface area contributed by atoms with Crippen molar-refractivity contribution >= 4 is 17.3 Å². The van der Waals surface area contributed by atoms with Crippen molar-refractivity contribution in [2.75, 3.05) is 37.7 Å². The van der Waals surface area contributed by atoms with E-state index in [9.17, 15) is 14.9 Å². The van der Waals surface area contributed by atoms with E-state index in [1.54, 1.807) is 47.4 Å². The van der Waals surface area contributed by atoms with E-state index in [2.05, 4.69) is 6.07 Å². The van der Waals surface area contributed by atoms with Crippen molar-refractivity contribution < 1.29 is 14.5 Å². The summed E-state index contributed by atoms with van der Waals surface area (Å²) in [6.45, 7) is 1.95. The molecule has 144 valence electrons. The lowest BCUT2D eigenvalue weighted by Crippen LogP contribution is -2.50. The zero-order chi connectivity index (χ0) is 19.9. The Kier molecular flexibility index (Phi) is 6.07. The van der Waals surface area contributed by atoms with Gasteiger partial charge in [-0.25, -0.2) is 0 Å². The molecule has 0 spiro atoms. The molecule has 2 aromatic rings. The smallest absolute Gasteiger partial charge is 0.292 e. The van der Waals surface area contributed by atoms with Gasteiger partial charge in [-0.2, -0.15) is 5.26 Å². The number of ether oxygens (including phenoxy) is 1. The maximum atomic E-state index is 12.4. The molecule has 1 fully saturated rings. The highest BCUT2D eigenvalue weighted by atomic mass is 16.6.